The third-order valence-corrected chi connectivity index (χ3v) is 1.51. The molecule has 0 saturated carbocycles. The molecule has 0 aliphatic heterocycles. The van der Waals surface area contributed by atoms with Crippen LogP contribution < -0.4 is 0 Å². The number of hydrogen-bond acceptors (Lipinski definition) is 2. The Morgan fingerprint density at radius 2 is 2.30 bits per heavy atom. The van der Waals surface area contributed by atoms with Crippen LogP contribution in [0.4, 0.5) is 5.69 Å². The van der Waals surface area contributed by atoms with Crippen molar-refractivity contribution >= 4 is 28.5 Å². The van der Waals surface area contributed by atoms with E-state index in [1.165, 1.54) is 12.0 Å². The zero-order valence-corrected chi connectivity index (χ0v) is 6.54. The molecule has 0 saturated heterocycles. The van der Waals surface area contributed by atoms with Gasteiger partial charge < -0.3 is 0 Å². The van der Waals surface area contributed by atoms with Gasteiger partial charge in [-0.05, 0) is 0 Å². The minimum absolute atomic E-state index is 0.106. The molecule has 0 N–H and O–H groups in total. The van der Waals surface area contributed by atoms with Gasteiger partial charge in [0.25, 0.3) is 0 Å². The van der Waals surface area contributed by atoms with E-state index in [1.54, 1.807) is 12.9 Å². The summed E-state index contributed by atoms with van der Waals surface area (Å²) >= 11 is 3.13. The topological polar surface area (TPSA) is 43.1 Å². The van der Waals surface area contributed by atoms with Crippen LogP contribution in [-0.2, 0) is 0 Å². The van der Waals surface area contributed by atoms with E-state index in [0.29, 0.717) is 0 Å². The summed E-state index contributed by atoms with van der Waals surface area (Å²) in [6.07, 6.45) is 0. The van der Waals surface area contributed by atoms with Crippen molar-refractivity contribution in [3.8, 4) is 0 Å². The Balaban J connectivity index is 3.07. The summed E-state index contributed by atoms with van der Waals surface area (Å²) in [6, 6.07) is 1.46. The molecule has 0 fully saturated rings. The van der Waals surface area contributed by atoms with Crippen LogP contribution in [0.25, 0.3) is 0 Å². The second-order valence-electron chi connectivity index (χ2n) is 1.74. The quantitative estimate of drug-likeness (QED) is 0.511. The van der Waals surface area contributed by atoms with Gasteiger partial charge in [-0.1, -0.05) is 0 Å². The molecule has 0 atom stereocenters. The molecule has 0 spiro atoms. The first-order chi connectivity index (χ1) is 4.70. The molecule has 0 unspecified atom stereocenters. The maximum absolute atomic E-state index is 10.1. The summed E-state index contributed by atoms with van der Waals surface area (Å²) < 4.78 is 0.724. The van der Waals surface area contributed by atoms with Crippen molar-refractivity contribution in [1.29, 1.82) is 0 Å². The van der Waals surface area contributed by atoms with Gasteiger partial charge >= 0.3 is 66.0 Å². The fourth-order valence-electron chi connectivity index (χ4n) is 0.590. The van der Waals surface area contributed by atoms with Crippen molar-refractivity contribution in [2.75, 3.05) is 0 Å². The monoisotopic (exact) mass is 199 g/mol. The number of hydrogen-bond donors (Lipinski definition) is 0. The van der Waals surface area contributed by atoms with Crippen molar-refractivity contribution in [3.63, 3.8) is 0 Å². The molecule has 1 aromatic heterocycles. The summed E-state index contributed by atoms with van der Waals surface area (Å²) in [6.45, 7) is 1.63. The maximum atomic E-state index is 10.1. The molecule has 10 heavy (non-hydrogen) atoms. The van der Waals surface area contributed by atoms with Crippen LogP contribution in [0.3, 0.4) is 0 Å². The first-order valence-corrected chi connectivity index (χ1v) is 3.39. The number of rotatable bonds is 1. The Morgan fingerprint density at radius 3 is 2.70 bits per heavy atom. The van der Waals surface area contributed by atoms with E-state index in [4.69, 9.17) is 0 Å². The third kappa shape index (κ3) is 1.64. The van der Waals surface area contributed by atoms with Gasteiger partial charge in [0.05, 0.1) is 0 Å². The first kappa shape index (κ1) is 7.40. The van der Waals surface area contributed by atoms with Crippen LogP contribution in [0, 0.1) is 10.1 Å². The van der Waals surface area contributed by atoms with E-state index in [2.05, 4.69) is 15.9 Å². The van der Waals surface area contributed by atoms with Gasteiger partial charge in [-0.3, -0.25) is 0 Å². The molecule has 50 valence electrons. The van der Waals surface area contributed by atoms with Gasteiger partial charge in [-0.15, -0.1) is 0 Å². The van der Waals surface area contributed by atoms with Crippen LogP contribution in [0.15, 0.2) is 22.5 Å². The Labute approximate surface area is 66.6 Å². The first-order valence-electron chi connectivity index (χ1n) is 2.60. The van der Waals surface area contributed by atoms with E-state index >= 15 is 0 Å². The average Bonchev–Trinajstić information content (AvgIpc) is 1.88. The summed E-state index contributed by atoms with van der Waals surface area (Å²) in [5.74, 6) is 3.19. The summed E-state index contributed by atoms with van der Waals surface area (Å²) in [4.78, 5) is 9.71. The fraction of sp³-hybridized carbons (Fsp3) is 0. The Kier molecular flexibility index (Phi) is 2.16. The van der Waals surface area contributed by atoms with E-state index < -0.39 is 4.92 Å². The minimum atomic E-state index is -0.426. The van der Waals surface area contributed by atoms with Crippen molar-refractivity contribution in [1.82, 2.24) is 0 Å². The van der Waals surface area contributed by atoms with Crippen LogP contribution in [0.5, 0.6) is 0 Å². The van der Waals surface area contributed by atoms with E-state index in [-0.39, 0.29) is 5.69 Å². The molecule has 3 nitrogen and oxygen atoms in total. The molecule has 1 aromatic rings. The number of nitro groups is 1. The molecular formula is C5H3BBrNO2. The van der Waals surface area contributed by atoms with Gasteiger partial charge in [0.2, 0.25) is 0 Å². The molecular weight excluding hydrogens is 197 g/mol. The van der Waals surface area contributed by atoms with Gasteiger partial charge in [0.1, 0.15) is 0 Å². The molecule has 1 rings (SSSR count). The Hall–Kier alpha value is -0.705. The zero-order valence-electron chi connectivity index (χ0n) is 4.95. The van der Waals surface area contributed by atoms with E-state index in [9.17, 15) is 10.1 Å². The standard InChI is InChI=1S/C5H3BBrNO2/c7-4-1-5(8(9)10)3-6-2-4/h1-3H. The number of halogens is 1. The molecule has 1 heterocycles. The van der Waals surface area contributed by atoms with Crippen molar-refractivity contribution in [3.05, 3.63) is 32.6 Å². The van der Waals surface area contributed by atoms with Crippen LogP contribution in [-0.4, -0.2) is 11.8 Å². The van der Waals surface area contributed by atoms with Crippen LogP contribution >= 0.6 is 15.9 Å². The average molecular weight is 200 g/mol. The molecule has 0 bridgehead atoms. The van der Waals surface area contributed by atoms with Crippen LogP contribution in [0.1, 0.15) is 0 Å². The second kappa shape index (κ2) is 2.92. The summed E-state index contributed by atoms with van der Waals surface area (Å²) in [5.41, 5.74) is 0.106. The van der Waals surface area contributed by atoms with Gasteiger partial charge in [0.15, 0.2) is 0 Å². The Bertz CT molecular complexity index is 266. The predicted molar refractivity (Wildman–Crippen MR) is 42.1 cm³/mol. The molecule has 0 radical (unpaired) electrons. The zero-order chi connectivity index (χ0) is 7.56. The SMILES string of the molecule is O=[N+]([O-])c1cbcc(Br)c1. The van der Waals surface area contributed by atoms with E-state index in [0.717, 1.165) is 4.47 Å². The van der Waals surface area contributed by atoms with Crippen molar-refractivity contribution in [2.45, 2.75) is 0 Å². The second-order valence-corrected chi connectivity index (χ2v) is 2.65. The molecule has 5 heteroatoms. The summed E-state index contributed by atoms with van der Waals surface area (Å²) in [5, 5.41) is 10.1. The molecule has 0 amide bonds. The van der Waals surface area contributed by atoms with Crippen molar-refractivity contribution < 1.29 is 4.92 Å². The molecule has 0 aromatic carbocycles. The Morgan fingerprint density at radius 1 is 1.60 bits per heavy atom. The van der Waals surface area contributed by atoms with Gasteiger partial charge in [-0.2, -0.15) is 0 Å². The number of nitrogens with zero attached hydrogens (tertiary/aromatic N) is 1. The molecule has 0 aliphatic rings. The predicted octanol–water partition coefficient (Wildman–Crippen LogP) is 1.70. The third-order valence-electron chi connectivity index (χ3n) is 1.02. The van der Waals surface area contributed by atoms with Gasteiger partial charge in [-0.25, -0.2) is 0 Å². The van der Waals surface area contributed by atoms with Gasteiger partial charge in [0, 0.05) is 0 Å². The normalized spacial score (nSPS) is 8.90. The summed E-state index contributed by atoms with van der Waals surface area (Å²) in [7, 11) is 0. The van der Waals surface area contributed by atoms with Crippen LogP contribution in [0.2, 0.25) is 0 Å². The molecule has 0 aliphatic carbocycles. The fourth-order valence-corrected chi connectivity index (χ4v) is 0.977. The van der Waals surface area contributed by atoms with E-state index in [1.807, 2.05) is 0 Å². The van der Waals surface area contributed by atoms with Crippen molar-refractivity contribution in [2.24, 2.45) is 0 Å².